The van der Waals surface area contributed by atoms with Crippen molar-refractivity contribution in [1.29, 1.82) is 0 Å². The topological polar surface area (TPSA) is 42.0 Å². The molecule has 0 atom stereocenters. The number of anilines is 2. The molecule has 1 aromatic carbocycles. The predicted octanol–water partition coefficient (Wildman–Crippen LogP) is 2.25. The summed E-state index contributed by atoms with van der Waals surface area (Å²) in [6.07, 6.45) is -0.494. The van der Waals surface area contributed by atoms with Crippen molar-refractivity contribution in [2.45, 2.75) is 6.92 Å². The number of benzene rings is 1. The third kappa shape index (κ3) is 3.19. The number of ether oxygens (including phenoxy) is 2. The lowest BCUT2D eigenvalue weighted by atomic mass is 10.2. The number of hydrogen-bond donors (Lipinski definition) is 0. The second kappa shape index (κ2) is 6.56. The zero-order chi connectivity index (χ0) is 14.5. The summed E-state index contributed by atoms with van der Waals surface area (Å²) in [6, 6.07) is 4.75. The Kier molecular flexibility index (Phi) is 4.79. The van der Waals surface area contributed by atoms with Gasteiger partial charge in [-0.2, -0.15) is 0 Å². The van der Waals surface area contributed by atoms with E-state index >= 15 is 0 Å². The fraction of sp³-hybridized carbons (Fsp3) is 0.500. The normalized spacial score (nSPS) is 15.1. The summed E-state index contributed by atoms with van der Waals surface area (Å²) in [6.45, 7) is 4.56. The van der Waals surface area contributed by atoms with Crippen LogP contribution < -0.4 is 9.80 Å². The van der Waals surface area contributed by atoms with Gasteiger partial charge in [-0.05, 0) is 25.1 Å². The van der Waals surface area contributed by atoms with Crippen LogP contribution in [0.5, 0.6) is 0 Å². The fourth-order valence-corrected chi connectivity index (χ4v) is 2.09. The molecule has 1 aromatic rings. The SMILES string of the molecule is CCOC(=O)N(C)c1ccc(N2CCOCC2)c(F)c1. The molecule has 0 bridgehead atoms. The molecule has 0 N–H and O–H groups in total. The van der Waals surface area contributed by atoms with Gasteiger partial charge in [0.2, 0.25) is 0 Å². The minimum Gasteiger partial charge on any atom is -0.449 e. The summed E-state index contributed by atoms with van der Waals surface area (Å²) in [5, 5.41) is 0. The summed E-state index contributed by atoms with van der Waals surface area (Å²) in [5.41, 5.74) is 1.01. The second-order valence-corrected chi connectivity index (χ2v) is 4.49. The van der Waals surface area contributed by atoms with Crippen molar-refractivity contribution in [1.82, 2.24) is 0 Å². The van der Waals surface area contributed by atoms with E-state index < -0.39 is 6.09 Å². The van der Waals surface area contributed by atoms with Gasteiger partial charge in [0.05, 0.1) is 25.5 Å². The Balaban J connectivity index is 2.14. The van der Waals surface area contributed by atoms with E-state index in [4.69, 9.17) is 9.47 Å². The molecule has 1 aliphatic heterocycles. The van der Waals surface area contributed by atoms with Crippen LogP contribution in [0.25, 0.3) is 0 Å². The van der Waals surface area contributed by atoms with E-state index in [9.17, 15) is 9.18 Å². The van der Waals surface area contributed by atoms with E-state index in [2.05, 4.69) is 0 Å². The van der Waals surface area contributed by atoms with Gasteiger partial charge < -0.3 is 14.4 Å². The fourth-order valence-electron chi connectivity index (χ4n) is 2.09. The number of carbonyl (C=O) groups is 1. The molecule has 6 heteroatoms. The molecule has 110 valence electrons. The number of nitrogens with zero attached hydrogens (tertiary/aromatic N) is 2. The third-order valence-corrected chi connectivity index (χ3v) is 3.21. The maximum absolute atomic E-state index is 14.2. The monoisotopic (exact) mass is 282 g/mol. The first-order valence-electron chi connectivity index (χ1n) is 6.66. The molecule has 0 saturated carbocycles. The van der Waals surface area contributed by atoms with Crippen molar-refractivity contribution in [3.8, 4) is 0 Å². The molecule has 1 saturated heterocycles. The highest BCUT2D eigenvalue weighted by molar-refractivity contribution is 5.87. The molecule has 2 rings (SSSR count). The molecule has 0 spiro atoms. The van der Waals surface area contributed by atoms with Crippen LogP contribution in [0.2, 0.25) is 0 Å². The second-order valence-electron chi connectivity index (χ2n) is 4.49. The summed E-state index contributed by atoms with van der Waals surface area (Å²) in [7, 11) is 1.56. The Bertz CT molecular complexity index is 475. The Labute approximate surface area is 117 Å². The van der Waals surface area contributed by atoms with E-state index in [0.29, 0.717) is 37.7 Å². The Morgan fingerprint density at radius 3 is 2.75 bits per heavy atom. The molecular formula is C14H19FN2O3. The molecule has 0 aromatic heterocycles. The summed E-state index contributed by atoms with van der Waals surface area (Å²) >= 11 is 0. The van der Waals surface area contributed by atoms with Crippen LogP contribution in [0.15, 0.2) is 18.2 Å². The smallest absolute Gasteiger partial charge is 0.413 e. The van der Waals surface area contributed by atoms with E-state index in [0.717, 1.165) is 0 Å². The number of carbonyl (C=O) groups excluding carboxylic acids is 1. The zero-order valence-electron chi connectivity index (χ0n) is 11.8. The predicted molar refractivity (Wildman–Crippen MR) is 74.9 cm³/mol. The molecule has 5 nitrogen and oxygen atoms in total. The van der Waals surface area contributed by atoms with Crippen LogP contribution in [0.4, 0.5) is 20.6 Å². The summed E-state index contributed by atoms with van der Waals surface area (Å²) in [4.78, 5) is 14.8. The van der Waals surface area contributed by atoms with Gasteiger partial charge in [-0.25, -0.2) is 9.18 Å². The Morgan fingerprint density at radius 2 is 2.15 bits per heavy atom. The first-order chi connectivity index (χ1) is 9.63. The molecule has 1 amide bonds. The van der Waals surface area contributed by atoms with Gasteiger partial charge >= 0.3 is 6.09 Å². The van der Waals surface area contributed by atoms with E-state index in [1.54, 1.807) is 26.1 Å². The van der Waals surface area contributed by atoms with Gasteiger partial charge in [0.25, 0.3) is 0 Å². The summed E-state index contributed by atoms with van der Waals surface area (Å²) < 4.78 is 24.3. The van der Waals surface area contributed by atoms with Crippen LogP contribution in [0, 0.1) is 5.82 Å². The van der Waals surface area contributed by atoms with E-state index in [-0.39, 0.29) is 12.4 Å². The van der Waals surface area contributed by atoms with Crippen molar-refractivity contribution < 1.29 is 18.7 Å². The van der Waals surface area contributed by atoms with Crippen molar-refractivity contribution in [3.05, 3.63) is 24.0 Å². The number of hydrogen-bond acceptors (Lipinski definition) is 4. The quantitative estimate of drug-likeness (QED) is 0.853. The van der Waals surface area contributed by atoms with Gasteiger partial charge in [-0.15, -0.1) is 0 Å². The summed E-state index contributed by atoms with van der Waals surface area (Å²) in [5.74, 6) is -0.347. The van der Waals surface area contributed by atoms with E-state index in [1.807, 2.05) is 4.90 Å². The van der Waals surface area contributed by atoms with Gasteiger partial charge in [-0.3, -0.25) is 4.90 Å². The highest BCUT2D eigenvalue weighted by Gasteiger charge is 2.18. The van der Waals surface area contributed by atoms with Crippen molar-refractivity contribution >= 4 is 17.5 Å². The van der Waals surface area contributed by atoms with Crippen LogP contribution >= 0.6 is 0 Å². The number of rotatable bonds is 3. The Morgan fingerprint density at radius 1 is 1.45 bits per heavy atom. The maximum Gasteiger partial charge on any atom is 0.413 e. The lowest BCUT2D eigenvalue weighted by Gasteiger charge is -2.29. The minimum atomic E-state index is -0.494. The average molecular weight is 282 g/mol. The van der Waals surface area contributed by atoms with Crippen LogP contribution in [0.3, 0.4) is 0 Å². The van der Waals surface area contributed by atoms with E-state index in [1.165, 1.54) is 11.0 Å². The van der Waals surface area contributed by atoms with Gasteiger partial charge in [0, 0.05) is 25.8 Å². The molecule has 1 heterocycles. The van der Waals surface area contributed by atoms with Gasteiger partial charge in [0.1, 0.15) is 5.82 Å². The molecule has 1 fully saturated rings. The molecule has 1 aliphatic rings. The maximum atomic E-state index is 14.2. The first-order valence-corrected chi connectivity index (χ1v) is 6.66. The zero-order valence-corrected chi connectivity index (χ0v) is 11.8. The number of morpholine rings is 1. The number of amides is 1. The molecular weight excluding hydrogens is 263 g/mol. The first kappa shape index (κ1) is 14.6. The minimum absolute atomic E-state index is 0.289. The number of halogens is 1. The van der Waals surface area contributed by atoms with Crippen LogP contribution in [-0.4, -0.2) is 46.1 Å². The Hall–Kier alpha value is -1.82. The molecule has 0 aliphatic carbocycles. The molecule has 20 heavy (non-hydrogen) atoms. The molecule has 0 unspecified atom stereocenters. The standard InChI is InChI=1S/C14H19FN2O3/c1-3-20-14(18)16(2)11-4-5-13(12(15)10-11)17-6-8-19-9-7-17/h4-5,10H,3,6-9H2,1-2H3. The van der Waals surface area contributed by atoms with Crippen molar-refractivity contribution in [2.75, 3.05) is 49.8 Å². The van der Waals surface area contributed by atoms with Gasteiger partial charge in [0.15, 0.2) is 0 Å². The van der Waals surface area contributed by atoms with Crippen LogP contribution in [-0.2, 0) is 9.47 Å². The highest BCUT2D eigenvalue weighted by Crippen LogP contribution is 2.25. The van der Waals surface area contributed by atoms with Crippen LogP contribution in [0.1, 0.15) is 6.92 Å². The van der Waals surface area contributed by atoms with Crippen molar-refractivity contribution in [2.24, 2.45) is 0 Å². The lowest BCUT2D eigenvalue weighted by Crippen LogP contribution is -2.36. The molecule has 0 radical (unpaired) electrons. The largest absolute Gasteiger partial charge is 0.449 e. The van der Waals surface area contributed by atoms with Crippen molar-refractivity contribution in [3.63, 3.8) is 0 Å². The third-order valence-electron chi connectivity index (χ3n) is 3.21. The average Bonchev–Trinajstić information content (AvgIpc) is 2.47. The highest BCUT2D eigenvalue weighted by atomic mass is 19.1. The van der Waals surface area contributed by atoms with Gasteiger partial charge in [-0.1, -0.05) is 0 Å². The lowest BCUT2D eigenvalue weighted by molar-refractivity contribution is 0.122.